The van der Waals surface area contributed by atoms with Gasteiger partial charge in [-0.1, -0.05) is 18.2 Å². The van der Waals surface area contributed by atoms with Gasteiger partial charge in [0.15, 0.2) is 6.61 Å². The van der Waals surface area contributed by atoms with Crippen LogP contribution in [0.5, 0.6) is 5.75 Å². The summed E-state index contributed by atoms with van der Waals surface area (Å²) in [4.78, 5) is 35.5. The second kappa shape index (κ2) is 9.43. The summed E-state index contributed by atoms with van der Waals surface area (Å²) in [5.41, 5.74) is 7.18. The molecule has 1 amide bonds. The van der Waals surface area contributed by atoms with Gasteiger partial charge in [-0.15, -0.1) is 0 Å². The Kier molecular flexibility index (Phi) is 6.50. The molecule has 0 unspecified atom stereocenters. The number of hydrogen-bond donors (Lipinski definition) is 5. The molecule has 0 saturated heterocycles. The Balaban J connectivity index is 1.95. The number of aliphatic carboxylic acids is 1. The first-order valence-corrected chi connectivity index (χ1v) is 9.33. The molecule has 32 heavy (non-hydrogen) atoms. The molecule has 0 atom stereocenters. The molecule has 0 spiro atoms. The number of amidine groups is 1. The van der Waals surface area contributed by atoms with Crippen LogP contribution in [0.15, 0.2) is 66.7 Å². The third-order valence-electron chi connectivity index (χ3n) is 4.50. The molecule has 0 saturated carbocycles. The van der Waals surface area contributed by atoms with Crippen molar-refractivity contribution in [2.24, 2.45) is 5.73 Å². The molecule has 3 aromatic carbocycles. The number of nitrogens with two attached hydrogens (primary N) is 1. The number of anilines is 1. The summed E-state index contributed by atoms with van der Waals surface area (Å²) in [7, 11) is 0. The van der Waals surface area contributed by atoms with E-state index in [1.165, 1.54) is 18.2 Å². The van der Waals surface area contributed by atoms with E-state index in [9.17, 15) is 19.5 Å². The van der Waals surface area contributed by atoms with Gasteiger partial charge in [-0.25, -0.2) is 9.59 Å². The van der Waals surface area contributed by atoms with E-state index in [1.807, 2.05) is 0 Å². The van der Waals surface area contributed by atoms with Crippen molar-refractivity contribution in [3.05, 3.63) is 83.4 Å². The van der Waals surface area contributed by atoms with E-state index in [0.717, 1.165) is 0 Å². The zero-order chi connectivity index (χ0) is 23.3. The normalized spacial score (nSPS) is 10.2. The molecule has 0 aliphatic rings. The van der Waals surface area contributed by atoms with E-state index in [0.29, 0.717) is 16.8 Å². The maximum absolute atomic E-state index is 12.9. The molecule has 162 valence electrons. The maximum atomic E-state index is 12.9. The summed E-state index contributed by atoms with van der Waals surface area (Å²) in [5.74, 6) is -2.91. The average Bonchev–Trinajstić information content (AvgIpc) is 2.77. The first kappa shape index (κ1) is 22.0. The largest absolute Gasteiger partial charge is 0.482 e. The molecular formula is C23H19N3O6. The van der Waals surface area contributed by atoms with Crippen LogP contribution in [0.25, 0.3) is 11.1 Å². The Morgan fingerprint density at radius 2 is 1.56 bits per heavy atom. The maximum Gasteiger partial charge on any atom is 0.341 e. The van der Waals surface area contributed by atoms with Crippen LogP contribution in [0.4, 0.5) is 5.69 Å². The monoisotopic (exact) mass is 433 g/mol. The number of ether oxygens (including phenoxy) is 1. The minimum Gasteiger partial charge on any atom is -0.482 e. The highest BCUT2D eigenvalue weighted by atomic mass is 16.5. The van der Waals surface area contributed by atoms with Gasteiger partial charge < -0.3 is 26.0 Å². The van der Waals surface area contributed by atoms with Crippen LogP contribution >= 0.6 is 0 Å². The number of nitrogen functional groups attached to an aromatic ring is 1. The van der Waals surface area contributed by atoms with Gasteiger partial charge in [-0.2, -0.15) is 0 Å². The van der Waals surface area contributed by atoms with Gasteiger partial charge in [-0.3, -0.25) is 10.2 Å². The lowest BCUT2D eigenvalue weighted by molar-refractivity contribution is -0.139. The number of carbonyl (C=O) groups excluding carboxylic acids is 1. The molecule has 0 bridgehead atoms. The summed E-state index contributed by atoms with van der Waals surface area (Å²) in [6.07, 6.45) is 0. The Bertz CT molecular complexity index is 1200. The van der Waals surface area contributed by atoms with Gasteiger partial charge in [-0.05, 0) is 59.7 Å². The second-order valence-electron chi connectivity index (χ2n) is 6.69. The van der Waals surface area contributed by atoms with E-state index in [-0.39, 0.29) is 28.3 Å². The number of nitrogens with one attached hydrogen (secondary N) is 2. The van der Waals surface area contributed by atoms with E-state index < -0.39 is 24.5 Å². The van der Waals surface area contributed by atoms with Crippen molar-refractivity contribution >= 4 is 29.4 Å². The highest BCUT2D eigenvalue weighted by Gasteiger charge is 2.19. The first-order valence-electron chi connectivity index (χ1n) is 9.33. The molecule has 0 aliphatic carbocycles. The van der Waals surface area contributed by atoms with Gasteiger partial charge in [0.2, 0.25) is 0 Å². The molecule has 9 heteroatoms. The average molecular weight is 433 g/mol. The lowest BCUT2D eigenvalue weighted by Gasteiger charge is -2.14. The molecule has 0 aliphatic heterocycles. The molecule has 3 aromatic rings. The predicted octanol–water partition coefficient (Wildman–Crippen LogP) is 3.05. The van der Waals surface area contributed by atoms with Gasteiger partial charge in [0.05, 0.1) is 5.56 Å². The highest BCUT2D eigenvalue weighted by Crippen LogP contribution is 2.31. The van der Waals surface area contributed by atoms with E-state index in [1.54, 1.807) is 48.5 Å². The summed E-state index contributed by atoms with van der Waals surface area (Å²) in [6, 6.07) is 17.1. The van der Waals surface area contributed by atoms with Crippen LogP contribution < -0.4 is 15.8 Å². The molecule has 0 heterocycles. The van der Waals surface area contributed by atoms with Crippen molar-refractivity contribution < 1.29 is 29.3 Å². The summed E-state index contributed by atoms with van der Waals surface area (Å²) >= 11 is 0. The van der Waals surface area contributed by atoms with Crippen LogP contribution in [-0.4, -0.2) is 40.5 Å². The minimum absolute atomic E-state index is 0.0843. The van der Waals surface area contributed by atoms with Crippen LogP contribution in [-0.2, 0) is 4.79 Å². The summed E-state index contributed by atoms with van der Waals surface area (Å²) < 4.78 is 5.07. The molecule has 3 rings (SSSR count). The smallest absolute Gasteiger partial charge is 0.341 e. The van der Waals surface area contributed by atoms with Crippen LogP contribution in [0.3, 0.4) is 0 Å². The number of carbonyl (C=O) groups is 3. The zero-order valence-corrected chi connectivity index (χ0v) is 16.7. The number of amides is 1. The quantitative estimate of drug-likeness (QED) is 0.269. The first-order chi connectivity index (χ1) is 15.3. The fourth-order valence-electron chi connectivity index (χ4n) is 3.02. The Morgan fingerprint density at radius 1 is 0.906 bits per heavy atom. The van der Waals surface area contributed by atoms with E-state index in [2.05, 4.69) is 5.32 Å². The fraction of sp³-hybridized carbons (Fsp3) is 0.0435. The predicted molar refractivity (Wildman–Crippen MR) is 117 cm³/mol. The molecule has 0 radical (unpaired) electrons. The molecule has 0 fully saturated rings. The fourth-order valence-corrected chi connectivity index (χ4v) is 3.02. The minimum atomic E-state index is -1.25. The number of hydrogen-bond acceptors (Lipinski definition) is 5. The number of carboxylic acid groups (broad SMARTS) is 2. The number of carboxylic acids is 2. The van der Waals surface area contributed by atoms with E-state index >= 15 is 0 Å². The van der Waals surface area contributed by atoms with Gasteiger partial charge in [0.25, 0.3) is 5.91 Å². The number of aromatic carboxylic acids is 1. The van der Waals surface area contributed by atoms with Crippen molar-refractivity contribution in [1.29, 1.82) is 5.41 Å². The topological polar surface area (TPSA) is 163 Å². The van der Waals surface area contributed by atoms with Crippen LogP contribution in [0.2, 0.25) is 0 Å². The Hall–Kier alpha value is -4.66. The summed E-state index contributed by atoms with van der Waals surface area (Å²) in [6.45, 7) is -0.611. The summed E-state index contributed by atoms with van der Waals surface area (Å²) in [5, 5.41) is 28.6. The third kappa shape index (κ3) is 5.08. The van der Waals surface area contributed by atoms with Crippen molar-refractivity contribution in [2.45, 2.75) is 0 Å². The molecule has 9 nitrogen and oxygen atoms in total. The zero-order valence-electron chi connectivity index (χ0n) is 16.7. The molecular weight excluding hydrogens is 414 g/mol. The number of benzene rings is 3. The standard InChI is InChI=1S/C23H19N3O6/c24-21(25)13-5-7-14(8-6-13)26-22(29)18-4-2-1-3-16(18)17-10-9-15(32-12-20(27)28)11-19(17)23(30)31/h1-11H,12H2,(H3,24,25)(H,26,29)(H,27,28)(H,30,31). The molecule has 0 aromatic heterocycles. The lowest BCUT2D eigenvalue weighted by atomic mass is 9.94. The van der Waals surface area contributed by atoms with Crippen LogP contribution in [0, 0.1) is 5.41 Å². The van der Waals surface area contributed by atoms with E-state index in [4.69, 9.17) is 21.0 Å². The van der Waals surface area contributed by atoms with Crippen molar-refractivity contribution in [3.63, 3.8) is 0 Å². The Labute approximate surface area is 182 Å². The van der Waals surface area contributed by atoms with Gasteiger partial charge in [0.1, 0.15) is 11.6 Å². The SMILES string of the molecule is N=C(N)c1ccc(NC(=O)c2ccccc2-c2ccc(OCC(=O)O)cc2C(=O)O)cc1. The Morgan fingerprint density at radius 3 is 2.19 bits per heavy atom. The van der Waals surface area contributed by atoms with Crippen LogP contribution in [0.1, 0.15) is 26.3 Å². The van der Waals surface area contributed by atoms with Crippen molar-refractivity contribution in [1.82, 2.24) is 0 Å². The molecule has 6 N–H and O–H groups in total. The van der Waals surface area contributed by atoms with Crippen molar-refractivity contribution in [2.75, 3.05) is 11.9 Å². The van der Waals surface area contributed by atoms with Gasteiger partial charge in [0, 0.05) is 16.8 Å². The number of rotatable bonds is 8. The lowest BCUT2D eigenvalue weighted by Crippen LogP contribution is -2.15. The highest BCUT2D eigenvalue weighted by molar-refractivity contribution is 6.10. The third-order valence-corrected chi connectivity index (χ3v) is 4.50. The second-order valence-corrected chi connectivity index (χ2v) is 6.69. The van der Waals surface area contributed by atoms with Gasteiger partial charge >= 0.3 is 11.9 Å². The van der Waals surface area contributed by atoms with Crippen molar-refractivity contribution in [3.8, 4) is 16.9 Å².